The molecule has 1 aliphatic heterocycles. The number of rotatable bonds is 5. The number of hydrogen-bond acceptors (Lipinski definition) is 6. The molecule has 38 heavy (non-hydrogen) atoms. The third-order valence-corrected chi connectivity index (χ3v) is 7.32. The summed E-state index contributed by atoms with van der Waals surface area (Å²) in [6, 6.07) is 23.9. The molecule has 0 amide bonds. The lowest BCUT2D eigenvalue weighted by Gasteiger charge is -2.37. The second-order valence-electron chi connectivity index (χ2n) is 9.72. The third kappa shape index (κ3) is 4.22. The monoisotopic (exact) mass is 504 g/mol. The first-order valence-corrected chi connectivity index (χ1v) is 12.9. The number of benzene rings is 3. The van der Waals surface area contributed by atoms with Gasteiger partial charge in [-0.05, 0) is 66.3 Å². The van der Waals surface area contributed by atoms with Crippen molar-refractivity contribution < 1.29 is 19.1 Å². The smallest absolute Gasteiger partial charge is 0.308 e. The van der Waals surface area contributed by atoms with E-state index >= 15 is 0 Å². The molecule has 1 aliphatic carbocycles. The Labute approximate surface area is 221 Å². The van der Waals surface area contributed by atoms with Crippen molar-refractivity contribution in [3.63, 3.8) is 0 Å². The standard InChI is InChI=1S/C32H28N2O4/c1-3-37-29-18-21(11-14-28(29)38-19(2)35)30-31-23-10-7-15-33-24(23)12-13-25(31)34-26-16-22(17-27(36)32(26)30)20-8-5-4-6-9-20/h4-15,18,22,30,34H,3,16-17H2,1-2H3/t22-,30-/m1/s1. The van der Waals surface area contributed by atoms with Crippen molar-refractivity contribution in [3.05, 3.63) is 107 Å². The quantitative estimate of drug-likeness (QED) is 0.246. The summed E-state index contributed by atoms with van der Waals surface area (Å²) in [7, 11) is 0. The summed E-state index contributed by atoms with van der Waals surface area (Å²) in [4.78, 5) is 30.2. The van der Waals surface area contributed by atoms with Crippen molar-refractivity contribution in [1.82, 2.24) is 4.98 Å². The van der Waals surface area contributed by atoms with Crippen molar-refractivity contribution in [2.75, 3.05) is 11.9 Å². The van der Waals surface area contributed by atoms with Crippen LogP contribution in [0.2, 0.25) is 0 Å². The number of Topliss-reactive ketones (excluding diaryl/α,β-unsaturated/α-hetero) is 1. The van der Waals surface area contributed by atoms with E-state index in [1.165, 1.54) is 12.5 Å². The van der Waals surface area contributed by atoms with E-state index < -0.39 is 5.97 Å². The van der Waals surface area contributed by atoms with Crippen LogP contribution in [0.1, 0.15) is 55.2 Å². The first-order chi connectivity index (χ1) is 18.5. The number of nitrogens with zero attached hydrogens (tertiary/aromatic N) is 1. The van der Waals surface area contributed by atoms with Crippen LogP contribution in [0.4, 0.5) is 5.69 Å². The van der Waals surface area contributed by atoms with E-state index in [2.05, 4.69) is 34.6 Å². The normalized spacial score (nSPS) is 18.4. The summed E-state index contributed by atoms with van der Waals surface area (Å²) in [5.74, 6) is 0.360. The molecule has 0 spiro atoms. The van der Waals surface area contributed by atoms with Gasteiger partial charge < -0.3 is 14.8 Å². The summed E-state index contributed by atoms with van der Waals surface area (Å²) in [6.07, 6.45) is 2.97. The van der Waals surface area contributed by atoms with Crippen LogP contribution < -0.4 is 14.8 Å². The van der Waals surface area contributed by atoms with Gasteiger partial charge in [0, 0.05) is 47.8 Å². The molecule has 6 rings (SSSR count). The molecule has 0 fully saturated rings. The van der Waals surface area contributed by atoms with Crippen molar-refractivity contribution in [2.24, 2.45) is 0 Å². The molecule has 4 aromatic rings. The van der Waals surface area contributed by atoms with Crippen LogP contribution in [0.5, 0.6) is 11.5 Å². The SMILES string of the molecule is CCOc1cc([C@H]2C3=C(C[C@@H](c4ccccc4)CC3=O)Nc3ccc4ncccc4c32)ccc1OC(C)=O. The van der Waals surface area contributed by atoms with Gasteiger partial charge in [0.1, 0.15) is 0 Å². The summed E-state index contributed by atoms with van der Waals surface area (Å²) >= 11 is 0. The van der Waals surface area contributed by atoms with Gasteiger partial charge >= 0.3 is 5.97 Å². The van der Waals surface area contributed by atoms with Gasteiger partial charge in [0.05, 0.1) is 12.1 Å². The minimum atomic E-state index is -0.414. The first kappa shape index (κ1) is 23.9. The highest BCUT2D eigenvalue weighted by Gasteiger charge is 2.39. The van der Waals surface area contributed by atoms with Gasteiger partial charge in [-0.3, -0.25) is 14.6 Å². The lowest BCUT2D eigenvalue weighted by Crippen LogP contribution is -2.30. The number of fused-ring (bicyclic) bond motifs is 3. The Morgan fingerprint density at radius 2 is 1.82 bits per heavy atom. The van der Waals surface area contributed by atoms with Gasteiger partial charge in [0.15, 0.2) is 17.3 Å². The van der Waals surface area contributed by atoms with Gasteiger partial charge in [-0.25, -0.2) is 0 Å². The second-order valence-corrected chi connectivity index (χ2v) is 9.72. The highest BCUT2D eigenvalue weighted by Crippen LogP contribution is 2.50. The van der Waals surface area contributed by atoms with E-state index in [0.717, 1.165) is 45.4 Å². The molecule has 3 aromatic carbocycles. The molecule has 0 radical (unpaired) electrons. The van der Waals surface area contributed by atoms with Gasteiger partial charge in [0.25, 0.3) is 0 Å². The number of esters is 1. The summed E-state index contributed by atoms with van der Waals surface area (Å²) in [5.41, 5.74) is 6.67. The first-order valence-electron chi connectivity index (χ1n) is 12.9. The van der Waals surface area contributed by atoms with E-state index in [1.807, 2.05) is 49.4 Å². The van der Waals surface area contributed by atoms with E-state index in [9.17, 15) is 9.59 Å². The summed E-state index contributed by atoms with van der Waals surface area (Å²) in [6.45, 7) is 3.67. The zero-order valence-corrected chi connectivity index (χ0v) is 21.4. The molecule has 0 unspecified atom stereocenters. The number of allylic oxidation sites excluding steroid dienone is 2. The predicted octanol–water partition coefficient (Wildman–Crippen LogP) is 6.52. The van der Waals surface area contributed by atoms with Crippen LogP contribution in [-0.2, 0) is 9.59 Å². The summed E-state index contributed by atoms with van der Waals surface area (Å²) < 4.78 is 11.3. The average molecular weight is 505 g/mol. The Balaban J connectivity index is 1.54. The fourth-order valence-electron chi connectivity index (χ4n) is 5.79. The number of pyridine rings is 1. The van der Waals surface area contributed by atoms with Crippen molar-refractivity contribution in [3.8, 4) is 11.5 Å². The molecule has 1 N–H and O–H groups in total. The molecule has 6 nitrogen and oxygen atoms in total. The van der Waals surface area contributed by atoms with Crippen molar-refractivity contribution in [2.45, 2.75) is 38.5 Å². The molecule has 2 aliphatic rings. The number of ether oxygens (including phenoxy) is 2. The molecular weight excluding hydrogens is 476 g/mol. The highest BCUT2D eigenvalue weighted by molar-refractivity contribution is 6.04. The van der Waals surface area contributed by atoms with Crippen molar-refractivity contribution >= 4 is 28.3 Å². The predicted molar refractivity (Wildman–Crippen MR) is 147 cm³/mol. The van der Waals surface area contributed by atoms with Crippen LogP contribution in [0.15, 0.2) is 90.3 Å². The van der Waals surface area contributed by atoms with Gasteiger partial charge in [-0.2, -0.15) is 0 Å². The number of nitrogens with one attached hydrogen (secondary N) is 1. The molecular formula is C32H28N2O4. The minimum Gasteiger partial charge on any atom is -0.490 e. The molecule has 190 valence electrons. The lowest BCUT2D eigenvalue weighted by atomic mass is 9.71. The van der Waals surface area contributed by atoms with Gasteiger partial charge in [0.2, 0.25) is 0 Å². The molecule has 2 atom stereocenters. The fraction of sp³-hybridized carbons (Fsp3) is 0.219. The van der Waals surface area contributed by atoms with Crippen LogP contribution in [0, 0.1) is 0 Å². The maximum Gasteiger partial charge on any atom is 0.308 e. The number of carbonyl (C=O) groups excluding carboxylic acids is 2. The minimum absolute atomic E-state index is 0.115. The van der Waals surface area contributed by atoms with Gasteiger partial charge in [-0.1, -0.05) is 42.5 Å². The summed E-state index contributed by atoms with van der Waals surface area (Å²) in [5, 5.41) is 4.62. The Bertz CT molecular complexity index is 1590. The molecule has 0 saturated carbocycles. The van der Waals surface area contributed by atoms with Crippen LogP contribution in [0.3, 0.4) is 0 Å². The number of anilines is 1. The Hall–Kier alpha value is -4.45. The molecule has 0 saturated heterocycles. The number of hydrogen-bond donors (Lipinski definition) is 1. The molecule has 6 heteroatoms. The Kier molecular flexibility index (Phi) is 6.16. The Morgan fingerprint density at radius 1 is 0.974 bits per heavy atom. The largest absolute Gasteiger partial charge is 0.490 e. The number of carbonyl (C=O) groups is 2. The van der Waals surface area contributed by atoms with E-state index in [4.69, 9.17) is 9.47 Å². The van der Waals surface area contributed by atoms with E-state index in [1.54, 1.807) is 12.3 Å². The average Bonchev–Trinajstić information content (AvgIpc) is 2.93. The zero-order valence-electron chi connectivity index (χ0n) is 21.4. The molecule has 0 bridgehead atoms. The zero-order chi connectivity index (χ0) is 26.2. The number of aromatic nitrogens is 1. The topological polar surface area (TPSA) is 77.5 Å². The van der Waals surface area contributed by atoms with Crippen LogP contribution in [0.25, 0.3) is 10.9 Å². The van der Waals surface area contributed by atoms with Gasteiger partial charge in [-0.15, -0.1) is 0 Å². The van der Waals surface area contributed by atoms with Crippen LogP contribution >= 0.6 is 0 Å². The van der Waals surface area contributed by atoms with E-state index in [-0.39, 0.29) is 17.6 Å². The highest BCUT2D eigenvalue weighted by atomic mass is 16.6. The molecule has 2 heterocycles. The fourth-order valence-corrected chi connectivity index (χ4v) is 5.79. The van der Waals surface area contributed by atoms with Crippen LogP contribution in [-0.4, -0.2) is 23.3 Å². The number of ketones is 1. The second kappa shape index (κ2) is 9.78. The maximum atomic E-state index is 14.0. The Morgan fingerprint density at radius 3 is 2.61 bits per heavy atom. The molecule has 1 aromatic heterocycles. The lowest BCUT2D eigenvalue weighted by molar-refractivity contribution is -0.132. The van der Waals surface area contributed by atoms with Crippen molar-refractivity contribution in [1.29, 1.82) is 0 Å². The third-order valence-electron chi connectivity index (χ3n) is 7.32. The van der Waals surface area contributed by atoms with E-state index in [0.29, 0.717) is 24.5 Å². The maximum absolute atomic E-state index is 14.0.